The van der Waals surface area contributed by atoms with Crippen molar-refractivity contribution in [3.05, 3.63) is 20.8 Å². The lowest BCUT2D eigenvalue weighted by molar-refractivity contribution is 0.538. The summed E-state index contributed by atoms with van der Waals surface area (Å²) in [5.41, 5.74) is 5.77. The Kier molecular flexibility index (Phi) is 5.13. The third-order valence-electron chi connectivity index (χ3n) is 2.46. The highest BCUT2D eigenvalue weighted by atomic mass is 79.9. The molecule has 1 aromatic heterocycles. The maximum atomic E-state index is 5.77. The molecular formula is C11H18BrNS. The van der Waals surface area contributed by atoms with Gasteiger partial charge in [-0.3, -0.25) is 0 Å². The largest absolute Gasteiger partial charge is 0.328 e. The van der Waals surface area contributed by atoms with E-state index in [1.165, 1.54) is 21.5 Å². The highest BCUT2D eigenvalue weighted by Crippen LogP contribution is 2.33. The van der Waals surface area contributed by atoms with Crippen LogP contribution in [0.3, 0.4) is 0 Å². The van der Waals surface area contributed by atoms with Gasteiger partial charge in [0.25, 0.3) is 0 Å². The minimum atomic E-state index is 0.326. The van der Waals surface area contributed by atoms with Crippen LogP contribution in [0.1, 0.15) is 43.9 Å². The lowest BCUT2D eigenvalue weighted by atomic mass is 9.96. The summed E-state index contributed by atoms with van der Waals surface area (Å²) in [6.45, 7) is 4.33. The predicted octanol–water partition coefficient (Wildman–Crippen LogP) is 4.13. The molecular weight excluding hydrogens is 258 g/mol. The van der Waals surface area contributed by atoms with E-state index >= 15 is 0 Å². The molecule has 14 heavy (non-hydrogen) atoms. The molecule has 2 N–H and O–H groups in total. The first kappa shape index (κ1) is 12.2. The normalized spacial score (nSPS) is 15.4. The van der Waals surface area contributed by atoms with Crippen molar-refractivity contribution in [3.8, 4) is 0 Å². The van der Waals surface area contributed by atoms with Crippen molar-refractivity contribution in [2.24, 2.45) is 5.73 Å². The molecule has 0 saturated heterocycles. The minimum absolute atomic E-state index is 0.326. The van der Waals surface area contributed by atoms with Crippen molar-refractivity contribution < 1.29 is 0 Å². The smallest absolute Gasteiger partial charge is 0.0701 e. The zero-order chi connectivity index (χ0) is 10.6. The molecule has 80 valence electrons. The Bertz CT molecular complexity index is 270. The lowest BCUT2D eigenvalue weighted by Gasteiger charge is -2.14. The average Bonchev–Trinajstić information content (AvgIpc) is 2.53. The Hall–Kier alpha value is 0.140. The second-order valence-electron chi connectivity index (χ2n) is 3.80. The van der Waals surface area contributed by atoms with Crippen LogP contribution in [0.2, 0.25) is 0 Å². The molecule has 1 nitrogen and oxygen atoms in total. The van der Waals surface area contributed by atoms with Crippen LogP contribution >= 0.6 is 27.3 Å². The Labute approximate surface area is 98.8 Å². The van der Waals surface area contributed by atoms with E-state index in [1.54, 1.807) is 0 Å². The zero-order valence-corrected chi connectivity index (χ0v) is 11.2. The summed E-state index contributed by atoms with van der Waals surface area (Å²) in [6, 6.07) is 4.69. The Morgan fingerprint density at radius 1 is 1.43 bits per heavy atom. The molecule has 0 amide bonds. The van der Waals surface area contributed by atoms with Crippen LogP contribution in [0.4, 0.5) is 0 Å². The molecule has 0 saturated carbocycles. The van der Waals surface area contributed by atoms with Gasteiger partial charge in [-0.2, -0.15) is 0 Å². The van der Waals surface area contributed by atoms with E-state index in [-0.39, 0.29) is 0 Å². The van der Waals surface area contributed by atoms with Gasteiger partial charge in [0.2, 0.25) is 0 Å². The summed E-state index contributed by atoms with van der Waals surface area (Å²) in [4.78, 5) is 1.49. The van der Waals surface area contributed by atoms with E-state index in [2.05, 4.69) is 41.9 Å². The summed E-state index contributed by atoms with van der Waals surface area (Å²) in [6.07, 6.45) is 3.54. The van der Waals surface area contributed by atoms with E-state index in [0.717, 1.165) is 6.42 Å². The van der Waals surface area contributed by atoms with E-state index in [4.69, 9.17) is 5.73 Å². The molecule has 0 spiro atoms. The molecule has 1 rings (SSSR count). The number of nitrogens with two attached hydrogens (primary N) is 1. The molecule has 1 heterocycles. The van der Waals surface area contributed by atoms with Crippen LogP contribution in [0.15, 0.2) is 15.9 Å². The monoisotopic (exact) mass is 275 g/mol. The molecule has 0 aliphatic carbocycles. The van der Waals surface area contributed by atoms with Gasteiger partial charge in [-0.25, -0.2) is 0 Å². The lowest BCUT2D eigenvalue weighted by Crippen LogP contribution is -2.15. The van der Waals surface area contributed by atoms with Crippen molar-refractivity contribution in [1.82, 2.24) is 0 Å². The van der Waals surface area contributed by atoms with Crippen LogP contribution < -0.4 is 5.73 Å². The van der Waals surface area contributed by atoms with Crippen LogP contribution in [-0.2, 0) is 0 Å². The fourth-order valence-corrected chi connectivity index (χ4v) is 3.20. The van der Waals surface area contributed by atoms with Crippen molar-refractivity contribution in [3.63, 3.8) is 0 Å². The standard InChI is InChI=1S/C11H18BrNS/c1-3-9(5-4-8(2)13)10-6-7-11(12)14-10/h6-9H,3-5,13H2,1-2H3. The fourth-order valence-electron chi connectivity index (χ4n) is 1.56. The SMILES string of the molecule is CCC(CCC(C)N)c1ccc(Br)s1. The Morgan fingerprint density at radius 2 is 2.14 bits per heavy atom. The van der Waals surface area contributed by atoms with Gasteiger partial charge >= 0.3 is 0 Å². The average molecular weight is 276 g/mol. The van der Waals surface area contributed by atoms with Crippen molar-refractivity contribution in [2.45, 2.75) is 45.1 Å². The maximum absolute atomic E-state index is 5.77. The first-order valence-electron chi connectivity index (χ1n) is 5.14. The van der Waals surface area contributed by atoms with E-state index < -0.39 is 0 Å². The molecule has 0 fully saturated rings. The minimum Gasteiger partial charge on any atom is -0.328 e. The molecule has 0 aromatic carbocycles. The third-order valence-corrected chi connectivity index (χ3v) is 4.25. The van der Waals surface area contributed by atoms with Crippen molar-refractivity contribution in [1.29, 1.82) is 0 Å². The van der Waals surface area contributed by atoms with E-state index in [1.807, 2.05) is 11.3 Å². The first-order chi connectivity index (χ1) is 6.63. The molecule has 0 bridgehead atoms. The second kappa shape index (κ2) is 5.89. The molecule has 2 unspecified atom stereocenters. The van der Waals surface area contributed by atoms with E-state index in [0.29, 0.717) is 12.0 Å². The number of rotatable bonds is 5. The van der Waals surface area contributed by atoms with Crippen LogP contribution in [0.5, 0.6) is 0 Å². The number of thiophene rings is 1. The third kappa shape index (κ3) is 3.71. The van der Waals surface area contributed by atoms with Crippen LogP contribution in [0.25, 0.3) is 0 Å². The quantitative estimate of drug-likeness (QED) is 0.859. The predicted molar refractivity (Wildman–Crippen MR) is 67.9 cm³/mol. The summed E-state index contributed by atoms with van der Waals surface area (Å²) in [5, 5.41) is 0. The molecule has 0 aliphatic rings. The van der Waals surface area contributed by atoms with Gasteiger partial charge in [0.1, 0.15) is 0 Å². The zero-order valence-electron chi connectivity index (χ0n) is 8.79. The Morgan fingerprint density at radius 3 is 2.57 bits per heavy atom. The van der Waals surface area contributed by atoms with Gasteiger partial charge < -0.3 is 5.73 Å². The second-order valence-corrected chi connectivity index (χ2v) is 6.30. The number of hydrogen-bond acceptors (Lipinski definition) is 2. The van der Waals surface area contributed by atoms with E-state index in [9.17, 15) is 0 Å². The van der Waals surface area contributed by atoms with Crippen molar-refractivity contribution >= 4 is 27.3 Å². The Balaban J connectivity index is 2.54. The topological polar surface area (TPSA) is 26.0 Å². The van der Waals surface area contributed by atoms with Gasteiger partial charge in [-0.1, -0.05) is 6.92 Å². The molecule has 0 aliphatic heterocycles. The summed E-state index contributed by atoms with van der Waals surface area (Å²) in [5.74, 6) is 0.692. The maximum Gasteiger partial charge on any atom is 0.0701 e. The van der Waals surface area contributed by atoms with Crippen LogP contribution in [-0.4, -0.2) is 6.04 Å². The first-order valence-corrected chi connectivity index (χ1v) is 6.75. The van der Waals surface area contributed by atoms with Gasteiger partial charge in [0.15, 0.2) is 0 Å². The molecule has 2 atom stereocenters. The van der Waals surface area contributed by atoms with Gasteiger partial charge in [0.05, 0.1) is 3.79 Å². The van der Waals surface area contributed by atoms with Gasteiger partial charge in [-0.15, -0.1) is 11.3 Å². The van der Waals surface area contributed by atoms with Gasteiger partial charge in [0, 0.05) is 10.9 Å². The van der Waals surface area contributed by atoms with Gasteiger partial charge in [-0.05, 0) is 60.2 Å². The van der Waals surface area contributed by atoms with Crippen molar-refractivity contribution in [2.75, 3.05) is 0 Å². The molecule has 3 heteroatoms. The highest BCUT2D eigenvalue weighted by Gasteiger charge is 2.12. The van der Waals surface area contributed by atoms with Crippen LogP contribution in [0, 0.1) is 0 Å². The number of hydrogen-bond donors (Lipinski definition) is 1. The molecule has 0 radical (unpaired) electrons. The summed E-state index contributed by atoms with van der Waals surface area (Å²) >= 11 is 5.35. The summed E-state index contributed by atoms with van der Waals surface area (Å²) < 4.78 is 1.23. The number of halogens is 1. The molecule has 1 aromatic rings. The highest BCUT2D eigenvalue weighted by molar-refractivity contribution is 9.11. The fraction of sp³-hybridized carbons (Fsp3) is 0.636. The summed E-state index contributed by atoms with van der Waals surface area (Å²) in [7, 11) is 0.